The zero-order chi connectivity index (χ0) is 17.7. The van der Waals surface area contributed by atoms with Crippen LogP contribution in [0.5, 0.6) is 0 Å². The number of halogens is 1. The van der Waals surface area contributed by atoms with Gasteiger partial charge in [-0.25, -0.2) is 10.0 Å². The van der Waals surface area contributed by atoms with Gasteiger partial charge in [0.1, 0.15) is 0 Å². The first-order valence-electron chi connectivity index (χ1n) is 9.36. The molecule has 1 heterocycles. The molecular formula is C17H33ClN2O4. The van der Waals surface area contributed by atoms with Gasteiger partial charge >= 0.3 is 0 Å². The minimum atomic E-state index is -4.69. The van der Waals surface area contributed by atoms with E-state index in [-0.39, 0.29) is 0 Å². The van der Waals surface area contributed by atoms with Gasteiger partial charge in [-0.1, -0.05) is 38.5 Å². The van der Waals surface area contributed by atoms with Crippen molar-refractivity contribution in [2.75, 3.05) is 14.1 Å². The van der Waals surface area contributed by atoms with Crippen molar-refractivity contribution >= 4 is 0 Å². The minimum Gasteiger partial charge on any atom is -0.241 e. The second-order valence-corrected chi connectivity index (χ2v) is 8.50. The SMILES string of the molecule is CN1C(C2CCCCC2)CC(C2CCCCC2)N1C.[O-][Cl+3]([O-])([O-])O. The van der Waals surface area contributed by atoms with Gasteiger partial charge in [0.05, 0.1) is 14.9 Å². The fraction of sp³-hybridized carbons (Fsp3) is 1.00. The van der Waals surface area contributed by atoms with E-state index in [0.717, 1.165) is 23.9 Å². The molecule has 0 radical (unpaired) electrons. The summed E-state index contributed by atoms with van der Waals surface area (Å²) in [5.41, 5.74) is 0. The molecule has 24 heavy (non-hydrogen) atoms. The maximum atomic E-state index is 8.60. The molecule has 0 aromatic rings. The molecule has 0 spiro atoms. The number of nitrogens with zero attached hydrogens (tertiary/aromatic N) is 2. The summed E-state index contributed by atoms with van der Waals surface area (Å²) in [5, 5.41) is 5.21. The Balaban J connectivity index is 0.000000368. The van der Waals surface area contributed by atoms with Gasteiger partial charge in [-0.3, -0.25) is 0 Å². The van der Waals surface area contributed by atoms with E-state index in [0.29, 0.717) is 0 Å². The van der Waals surface area contributed by atoms with Crippen molar-refractivity contribution in [1.29, 1.82) is 0 Å². The lowest BCUT2D eigenvalue weighted by Gasteiger charge is -2.35. The third-order valence-electron chi connectivity index (χ3n) is 6.33. The molecule has 2 saturated carbocycles. The van der Waals surface area contributed by atoms with Crippen molar-refractivity contribution in [3.05, 3.63) is 0 Å². The maximum Gasteiger partial charge on any atom is 0.0777 e. The van der Waals surface area contributed by atoms with Crippen molar-refractivity contribution in [2.24, 2.45) is 11.8 Å². The molecule has 3 fully saturated rings. The van der Waals surface area contributed by atoms with E-state index < -0.39 is 10.2 Å². The number of hydrazine groups is 1. The molecule has 1 N–H and O–H groups in total. The second kappa shape index (κ2) is 9.12. The molecule has 3 aliphatic rings. The van der Waals surface area contributed by atoms with Gasteiger partial charge in [-0.2, -0.15) is 14.0 Å². The van der Waals surface area contributed by atoms with Crippen LogP contribution in [0.3, 0.4) is 0 Å². The molecule has 0 aromatic heterocycles. The highest BCUT2D eigenvalue weighted by atomic mass is 35.7. The Morgan fingerprint density at radius 1 is 0.708 bits per heavy atom. The van der Waals surface area contributed by atoms with Crippen LogP contribution in [0.4, 0.5) is 0 Å². The molecule has 2 atom stereocenters. The fourth-order valence-electron chi connectivity index (χ4n) is 5.05. The first-order chi connectivity index (χ1) is 11.3. The highest BCUT2D eigenvalue weighted by molar-refractivity contribution is 4.93. The molecule has 0 amide bonds. The Morgan fingerprint density at radius 2 is 1.00 bits per heavy atom. The molecule has 2 unspecified atom stereocenters. The second-order valence-electron chi connectivity index (χ2n) is 7.71. The van der Waals surface area contributed by atoms with E-state index in [1.54, 1.807) is 0 Å². The zero-order valence-electron chi connectivity index (χ0n) is 15.0. The molecule has 6 nitrogen and oxygen atoms in total. The lowest BCUT2D eigenvalue weighted by molar-refractivity contribution is -1.92. The largest absolute Gasteiger partial charge is 0.241 e. The van der Waals surface area contributed by atoms with Crippen molar-refractivity contribution in [3.63, 3.8) is 0 Å². The number of hydrogen-bond donors (Lipinski definition) is 1. The van der Waals surface area contributed by atoms with Crippen LogP contribution in [0.15, 0.2) is 0 Å². The monoisotopic (exact) mass is 364 g/mol. The predicted octanol–water partition coefficient (Wildman–Crippen LogP) is -0.0575. The Kier molecular flexibility index (Phi) is 7.74. The van der Waals surface area contributed by atoms with Gasteiger partial charge in [0.2, 0.25) is 0 Å². The Morgan fingerprint density at radius 3 is 1.29 bits per heavy atom. The van der Waals surface area contributed by atoms with Crippen LogP contribution in [0.1, 0.15) is 70.6 Å². The first kappa shape index (κ1) is 20.4. The molecule has 142 valence electrons. The smallest absolute Gasteiger partial charge is 0.0777 e. The Bertz CT molecular complexity index is 334. The number of hydrogen-bond acceptors (Lipinski definition) is 6. The summed E-state index contributed by atoms with van der Waals surface area (Å²) in [6, 6.07) is 1.69. The lowest BCUT2D eigenvalue weighted by atomic mass is 9.78. The molecule has 1 aliphatic heterocycles. The van der Waals surface area contributed by atoms with Crippen molar-refractivity contribution in [1.82, 2.24) is 10.0 Å². The maximum absolute atomic E-state index is 8.60. The van der Waals surface area contributed by atoms with Crippen LogP contribution in [-0.4, -0.2) is 40.9 Å². The van der Waals surface area contributed by atoms with Crippen molar-refractivity contribution in [3.8, 4) is 0 Å². The van der Waals surface area contributed by atoms with Crippen LogP contribution in [0, 0.1) is 22.1 Å². The van der Waals surface area contributed by atoms with E-state index in [4.69, 9.17) is 18.6 Å². The van der Waals surface area contributed by atoms with Crippen molar-refractivity contribution in [2.45, 2.75) is 82.7 Å². The fourth-order valence-corrected chi connectivity index (χ4v) is 5.05. The van der Waals surface area contributed by atoms with Crippen LogP contribution in [-0.2, 0) is 0 Å². The molecule has 3 rings (SSSR count). The van der Waals surface area contributed by atoms with E-state index in [1.165, 1.54) is 70.6 Å². The van der Waals surface area contributed by atoms with E-state index >= 15 is 0 Å². The van der Waals surface area contributed by atoms with Gasteiger partial charge in [-0.05, 0) is 43.9 Å². The Labute approximate surface area is 148 Å². The minimum absolute atomic E-state index is 0.845. The summed E-state index contributed by atoms with van der Waals surface area (Å²) < 4.78 is 32.7. The van der Waals surface area contributed by atoms with Gasteiger partial charge < -0.3 is 0 Å². The van der Waals surface area contributed by atoms with Crippen LogP contribution >= 0.6 is 0 Å². The average Bonchev–Trinajstić information content (AvgIpc) is 2.84. The zero-order valence-corrected chi connectivity index (χ0v) is 15.8. The highest BCUT2D eigenvalue weighted by Gasteiger charge is 2.42. The highest BCUT2D eigenvalue weighted by Crippen LogP contribution is 2.40. The standard InChI is InChI=1S/C17H32N2.ClHO4/c1-18-16(14-9-5-3-6-10-14)13-17(19(18)2)15-11-7-4-8-12-15;2-1(3,4)5/h14-17H,3-13H2,1-2H3;(H,2,3,4,5). The van der Waals surface area contributed by atoms with Gasteiger partial charge in [0, 0.05) is 26.2 Å². The van der Waals surface area contributed by atoms with Gasteiger partial charge in [-0.15, -0.1) is 0 Å². The Hall–Kier alpha value is 0.0500. The van der Waals surface area contributed by atoms with E-state index in [2.05, 4.69) is 24.1 Å². The molecule has 0 bridgehead atoms. The molecule has 1 saturated heterocycles. The molecule has 0 aromatic carbocycles. The van der Waals surface area contributed by atoms with Crippen LogP contribution in [0.2, 0.25) is 0 Å². The number of rotatable bonds is 2. The van der Waals surface area contributed by atoms with E-state index in [1.807, 2.05) is 0 Å². The predicted molar refractivity (Wildman–Crippen MR) is 83.1 cm³/mol. The molecule has 7 heteroatoms. The topological polar surface area (TPSA) is 95.9 Å². The summed E-state index contributed by atoms with van der Waals surface area (Å²) in [6.45, 7) is 0. The third kappa shape index (κ3) is 6.09. The van der Waals surface area contributed by atoms with Crippen LogP contribution < -0.4 is 14.0 Å². The van der Waals surface area contributed by atoms with Crippen LogP contribution in [0.25, 0.3) is 0 Å². The van der Waals surface area contributed by atoms with E-state index in [9.17, 15) is 0 Å². The average molecular weight is 365 g/mol. The van der Waals surface area contributed by atoms with Gasteiger partial charge in [0.15, 0.2) is 0 Å². The summed E-state index contributed by atoms with van der Waals surface area (Å²) in [5.74, 6) is 1.96. The normalized spacial score (nSPS) is 31.8. The first-order valence-corrected chi connectivity index (χ1v) is 10.6. The lowest BCUT2D eigenvalue weighted by Crippen LogP contribution is -2.58. The third-order valence-corrected chi connectivity index (χ3v) is 6.33. The summed E-state index contributed by atoms with van der Waals surface area (Å²) in [4.78, 5) is 0. The quantitative estimate of drug-likeness (QED) is 0.737. The molecule has 2 aliphatic carbocycles. The van der Waals surface area contributed by atoms with Gasteiger partial charge in [0.25, 0.3) is 0 Å². The summed E-state index contributed by atoms with van der Waals surface area (Å²) in [6.07, 6.45) is 16.3. The van der Waals surface area contributed by atoms with Crippen molar-refractivity contribution < 1.29 is 28.9 Å². The summed E-state index contributed by atoms with van der Waals surface area (Å²) >= 11 is 0. The molecular weight excluding hydrogens is 332 g/mol. The summed E-state index contributed by atoms with van der Waals surface area (Å²) in [7, 11) is 0.00416.